The molecule has 2 amide bonds. The maximum Gasteiger partial charge on any atom is 0.326 e. The standard InChI is InChI=1S/C24H26N4O4/c29-22(19-11-6-12-25-19)28-21(15-7-2-1-3-8-15)23(30)27-20(24(31)32)13-16-14-26-18-10-5-4-9-17(16)18/h1-5,7-10,14,19-21,25-26H,6,11-13H2,(H,27,30)(H,28,29)(H,31,32)/t19-,20+,21-/m0/s1. The molecule has 32 heavy (non-hydrogen) atoms. The molecule has 1 fully saturated rings. The van der Waals surface area contributed by atoms with Crippen LogP contribution in [-0.4, -0.2) is 46.5 Å². The number of aromatic nitrogens is 1. The smallest absolute Gasteiger partial charge is 0.326 e. The van der Waals surface area contributed by atoms with Crippen molar-refractivity contribution in [3.63, 3.8) is 0 Å². The average Bonchev–Trinajstić information content (AvgIpc) is 3.48. The lowest BCUT2D eigenvalue weighted by molar-refractivity contribution is -0.142. The van der Waals surface area contributed by atoms with Gasteiger partial charge in [0.25, 0.3) is 0 Å². The van der Waals surface area contributed by atoms with Gasteiger partial charge in [0.15, 0.2) is 0 Å². The van der Waals surface area contributed by atoms with Crippen LogP contribution in [0.25, 0.3) is 10.9 Å². The van der Waals surface area contributed by atoms with E-state index in [0.717, 1.165) is 29.4 Å². The summed E-state index contributed by atoms with van der Waals surface area (Å²) in [6.07, 6.45) is 3.47. The van der Waals surface area contributed by atoms with Crippen LogP contribution >= 0.6 is 0 Å². The number of amides is 2. The van der Waals surface area contributed by atoms with Gasteiger partial charge in [0, 0.05) is 23.5 Å². The van der Waals surface area contributed by atoms with Crippen LogP contribution < -0.4 is 16.0 Å². The Morgan fingerprint density at radius 1 is 1.03 bits per heavy atom. The second kappa shape index (κ2) is 9.65. The molecule has 0 aliphatic carbocycles. The number of carboxylic acids is 1. The molecule has 0 spiro atoms. The molecule has 0 bridgehead atoms. The van der Waals surface area contributed by atoms with Gasteiger partial charge in [0.05, 0.1) is 6.04 Å². The van der Waals surface area contributed by atoms with Gasteiger partial charge < -0.3 is 26.0 Å². The van der Waals surface area contributed by atoms with Crippen molar-refractivity contribution in [2.45, 2.75) is 37.4 Å². The summed E-state index contributed by atoms with van der Waals surface area (Å²) in [5, 5.41) is 19.2. The van der Waals surface area contributed by atoms with Crippen molar-refractivity contribution in [3.05, 3.63) is 71.9 Å². The molecule has 0 unspecified atom stereocenters. The van der Waals surface area contributed by atoms with Gasteiger partial charge in [0.2, 0.25) is 11.8 Å². The summed E-state index contributed by atoms with van der Waals surface area (Å²) in [7, 11) is 0. The number of hydrogen-bond acceptors (Lipinski definition) is 4. The molecule has 2 aromatic carbocycles. The number of aromatic amines is 1. The van der Waals surface area contributed by atoms with Crippen LogP contribution in [0, 0.1) is 0 Å². The zero-order valence-electron chi connectivity index (χ0n) is 17.5. The van der Waals surface area contributed by atoms with Gasteiger partial charge in [-0.25, -0.2) is 4.79 Å². The topological polar surface area (TPSA) is 123 Å². The molecule has 5 N–H and O–H groups in total. The van der Waals surface area contributed by atoms with Crippen molar-refractivity contribution in [1.29, 1.82) is 0 Å². The molecule has 166 valence electrons. The summed E-state index contributed by atoms with van der Waals surface area (Å²) in [5.74, 6) is -1.97. The van der Waals surface area contributed by atoms with Crippen molar-refractivity contribution in [1.82, 2.24) is 20.9 Å². The molecule has 2 heterocycles. The van der Waals surface area contributed by atoms with Crippen LogP contribution in [0.5, 0.6) is 0 Å². The summed E-state index contributed by atoms with van der Waals surface area (Å²) in [5.41, 5.74) is 2.28. The van der Waals surface area contributed by atoms with E-state index in [0.29, 0.717) is 12.0 Å². The zero-order chi connectivity index (χ0) is 22.5. The van der Waals surface area contributed by atoms with E-state index in [2.05, 4.69) is 20.9 Å². The Hall–Kier alpha value is -3.65. The Labute approximate surface area is 185 Å². The van der Waals surface area contributed by atoms with Crippen molar-refractivity contribution >= 4 is 28.7 Å². The highest BCUT2D eigenvalue weighted by atomic mass is 16.4. The molecule has 3 atom stereocenters. The third-order valence-corrected chi connectivity index (χ3v) is 5.77. The van der Waals surface area contributed by atoms with E-state index >= 15 is 0 Å². The number of H-pyrrole nitrogens is 1. The molecule has 1 aliphatic rings. The molecule has 0 saturated carbocycles. The van der Waals surface area contributed by atoms with Crippen LogP contribution in [0.15, 0.2) is 60.8 Å². The van der Waals surface area contributed by atoms with E-state index in [9.17, 15) is 19.5 Å². The Morgan fingerprint density at radius 3 is 2.50 bits per heavy atom. The molecule has 1 aliphatic heterocycles. The van der Waals surface area contributed by atoms with E-state index < -0.39 is 24.0 Å². The Morgan fingerprint density at radius 2 is 1.78 bits per heavy atom. The van der Waals surface area contributed by atoms with Crippen molar-refractivity contribution in [2.24, 2.45) is 0 Å². The number of benzene rings is 2. The third-order valence-electron chi connectivity index (χ3n) is 5.77. The van der Waals surface area contributed by atoms with Crippen LogP contribution in [0.4, 0.5) is 0 Å². The zero-order valence-corrected chi connectivity index (χ0v) is 17.5. The second-order valence-corrected chi connectivity index (χ2v) is 7.96. The normalized spacial score (nSPS) is 17.6. The number of para-hydroxylation sites is 1. The van der Waals surface area contributed by atoms with Gasteiger partial charge in [-0.1, -0.05) is 48.5 Å². The minimum absolute atomic E-state index is 0.116. The summed E-state index contributed by atoms with van der Waals surface area (Å²) >= 11 is 0. The quantitative estimate of drug-likeness (QED) is 0.370. The first-order valence-corrected chi connectivity index (χ1v) is 10.7. The first-order chi connectivity index (χ1) is 15.5. The summed E-state index contributed by atoms with van der Waals surface area (Å²) in [6.45, 7) is 0.756. The molecule has 3 aromatic rings. The monoisotopic (exact) mass is 434 g/mol. The number of nitrogens with one attached hydrogen (secondary N) is 4. The number of carbonyl (C=O) groups is 3. The summed E-state index contributed by atoms with van der Waals surface area (Å²) in [4.78, 5) is 41.0. The molecular formula is C24H26N4O4. The van der Waals surface area contributed by atoms with Crippen molar-refractivity contribution < 1.29 is 19.5 Å². The predicted octanol–water partition coefficient (Wildman–Crippen LogP) is 1.89. The SMILES string of the molecule is O=C(N[C@H](C(=O)N[C@H](Cc1c[nH]c2ccccc12)C(=O)O)c1ccccc1)[C@@H]1CCCN1. The van der Waals surface area contributed by atoms with Crippen molar-refractivity contribution in [2.75, 3.05) is 6.54 Å². The van der Waals surface area contributed by atoms with E-state index in [1.807, 2.05) is 30.3 Å². The molecule has 1 saturated heterocycles. The highest BCUT2D eigenvalue weighted by Gasteiger charge is 2.31. The number of hydrogen-bond donors (Lipinski definition) is 5. The highest BCUT2D eigenvalue weighted by Crippen LogP contribution is 2.20. The number of carboxylic acid groups (broad SMARTS) is 1. The van der Waals surface area contributed by atoms with E-state index in [4.69, 9.17) is 0 Å². The summed E-state index contributed by atoms with van der Waals surface area (Å²) < 4.78 is 0. The fraction of sp³-hybridized carbons (Fsp3) is 0.292. The van der Waals surface area contributed by atoms with Gasteiger partial charge in [-0.3, -0.25) is 9.59 Å². The lowest BCUT2D eigenvalue weighted by Crippen LogP contribution is -2.50. The minimum atomic E-state index is -1.14. The van der Waals surface area contributed by atoms with Gasteiger partial charge in [-0.15, -0.1) is 0 Å². The summed E-state index contributed by atoms with van der Waals surface area (Å²) in [6, 6.07) is 13.9. The molecule has 8 nitrogen and oxygen atoms in total. The number of aliphatic carboxylic acids is 1. The molecule has 1 aromatic heterocycles. The maximum absolute atomic E-state index is 13.2. The Kier molecular flexibility index (Phi) is 6.51. The van der Waals surface area contributed by atoms with Gasteiger partial charge in [-0.05, 0) is 36.6 Å². The lowest BCUT2D eigenvalue weighted by atomic mass is 10.0. The predicted molar refractivity (Wildman–Crippen MR) is 120 cm³/mol. The average molecular weight is 434 g/mol. The van der Waals surface area contributed by atoms with Crippen LogP contribution in [0.1, 0.15) is 30.0 Å². The lowest BCUT2D eigenvalue weighted by Gasteiger charge is -2.23. The third kappa shape index (κ3) is 4.81. The second-order valence-electron chi connectivity index (χ2n) is 7.96. The minimum Gasteiger partial charge on any atom is -0.480 e. The van der Waals surface area contributed by atoms with Gasteiger partial charge in [-0.2, -0.15) is 0 Å². The number of carbonyl (C=O) groups excluding carboxylic acids is 2. The van der Waals surface area contributed by atoms with Crippen LogP contribution in [-0.2, 0) is 20.8 Å². The fourth-order valence-electron chi connectivity index (χ4n) is 4.07. The Balaban J connectivity index is 1.53. The van der Waals surface area contributed by atoms with Crippen LogP contribution in [0.2, 0.25) is 0 Å². The number of rotatable bonds is 8. The van der Waals surface area contributed by atoms with Crippen molar-refractivity contribution in [3.8, 4) is 0 Å². The van der Waals surface area contributed by atoms with E-state index in [1.54, 1.807) is 30.5 Å². The maximum atomic E-state index is 13.2. The highest BCUT2D eigenvalue weighted by molar-refractivity contribution is 5.93. The van der Waals surface area contributed by atoms with E-state index in [1.165, 1.54) is 0 Å². The first-order valence-electron chi connectivity index (χ1n) is 10.7. The van der Waals surface area contributed by atoms with Crippen LogP contribution in [0.3, 0.4) is 0 Å². The first kappa shape index (κ1) is 21.6. The molecule has 0 radical (unpaired) electrons. The van der Waals surface area contributed by atoms with E-state index in [-0.39, 0.29) is 18.4 Å². The van der Waals surface area contributed by atoms with Gasteiger partial charge >= 0.3 is 5.97 Å². The largest absolute Gasteiger partial charge is 0.480 e. The molecule has 4 rings (SSSR count). The molecular weight excluding hydrogens is 408 g/mol. The van der Waals surface area contributed by atoms with Gasteiger partial charge in [0.1, 0.15) is 12.1 Å². The number of fused-ring (bicyclic) bond motifs is 1. The Bertz CT molecular complexity index is 1110. The fourth-order valence-corrected chi connectivity index (χ4v) is 4.07. The molecule has 8 heteroatoms.